The van der Waals surface area contributed by atoms with E-state index in [1.54, 1.807) is 0 Å². The number of piperidine rings is 1. The van der Waals surface area contributed by atoms with Gasteiger partial charge in [0, 0.05) is 32.0 Å². The summed E-state index contributed by atoms with van der Waals surface area (Å²) in [6.07, 6.45) is 5.51. The average molecular weight is 533 g/mol. The van der Waals surface area contributed by atoms with Crippen molar-refractivity contribution in [2.75, 3.05) is 19.3 Å². The van der Waals surface area contributed by atoms with Crippen molar-refractivity contribution in [2.24, 2.45) is 5.92 Å². The summed E-state index contributed by atoms with van der Waals surface area (Å²) in [7, 11) is -3.14. The molecule has 1 heterocycles. The highest BCUT2D eigenvalue weighted by Gasteiger charge is 2.30. The Morgan fingerprint density at radius 1 is 1.14 bits per heavy atom. The van der Waals surface area contributed by atoms with E-state index in [1.807, 2.05) is 45.0 Å². The van der Waals surface area contributed by atoms with E-state index in [9.17, 15) is 23.3 Å². The molecule has 2 aliphatic rings. The first kappa shape index (κ1) is 28.9. The van der Waals surface area contributed by atoms with E-state index in [-0.39, 0.29) is 17.9 Å². The molecule has 1 saturated carbocycles. The van der Waals surface area contributed by atoms with Crippen molar-refractivity contribution in [1.29, 1.82) is 5.26 Å². The minimum absolute atomic E-state index is 0.00320. The minimum atomic E-state index is -3.14. The summed E-state index contributed by atoms with van der Waals surface area (Å²) >= 11 is 0. The Kier molecular flexibility index (Phi) is 9.59. The van der Waals surface area contributed by atoms with Crippen LogP contribution in [0.5, 0.6) is 0 Å². The van der Waals surface area contributed by atoms with Crippen molar-refractivity contribution in [3.63, 3.8) is 0 Å². The van der Waals surface area contributed by atoms with Crippen LogP contribution in [0.2, 0.25) is 0 Å². The molecule has 1 aliphatic carbocycles. The highest BCUT2D eigenvalue weighted by Crippen LogP contribution is 2.30. The van der Waals surface area contributed by atoms with Gasteiger partial charge in [-0.1, -0.05) is 24.3 Å². The average Bonchev–Trinajstić information content (AvgIpc) is 3.23. The lowest BCUT2D eigenvalue weighted by Crippen LogP contribution is -2.38. The molecule has 10 heteroatoms. The van der Waals surface area contributed by atoms with Crippen LogP contribution in [-0.2, 0) is 26.0 Å². The third-order valence-electron chi connectivity index (χ3n) is 7.04. The van der Waals surface area contributed by atoms with Crippen molar-refractivity contribution < 1.29 is 22.7 Å². The maximum Gasteiger partial charge on any atom is 0.407 e. The molecular weight excluding hydrogens is 492 g/mol. The van der Waals surface area contributed by atoms with Crippen LogP contribution in [0, 0.1) is 17.2 Å². The maximum atomic E-state index is 12.6. The van der Waals surface area contributed by atoms with E-state index in [2.05, 4.69) is 16.7 Å². The van der Waals surface area contributed by atoms with Gasteiger partial charge in [0.25, 0.3) is 0 Å². The number of rotatable bonds is 8. The van der Waals surface area contributed by atoms with Gasteiger partial charge in [0.1, 0.15) is 11.6 Å². The minimum Gasteiger partial charge on any atom is -0.444 e. The zero-order valence-electron chi connectivity index (χ0n) is 22.3. The number of alkyl carbamates (subject to hydrolysis) is 1. The lowest BCUT2D eigenvalue weighted by Gasteiger charge is -2.30. The summed E-state index contributed by atoms with van der Waals surface area (Å²) < 4.78 is 30.3. The number of carbonyl (C=O) groups excluding carboxylic acids is 2. The number of nitriles is 1. The molecule has 0 spiro atoms. The molecule has 1 saturated heterocycles. The Balaban J connectivity index is 1.43. The fourth-order valence-corrected chi connectivity index (χ4v) is 6.07. The monoisotopic (exact) mass is 532 g/mol. The third-order valence-corrected chi connectivity index (χ3v) is 8.34. The van der Waals surface area contributed by atoms with Crippen LogP contribution in [0.1, 0.15) is 76.3 Å². The van der Waals surface area contributed by atoms with E-state index >= 15 is 0 Å². The molecular formula is C27H40N4O5S. The van der Waals surface area contributed by atoms with Gasteiger partial charge in [-0.05, 0) is 75.8 Å². The topological polar surface area (TPSA) is 129 Å². The molecule has 3 rings (SSSR count). The van der Waals surface area contributed by atoms with Gasteiger partial charge in [-0.3, -0.25) is 4.79 Å². The number of carbonyl (C=O) groups is 2. The van der Waals surface area contributed by atoms with E-state index in [0.717, 1.165) is 31.2 Å². The van der Waals surface area contributed by atoms with E-state index in [4.69, 9.17) is 4.74 Å². The van der Waals surface area contributed by atoms with Gasteiger partial charge >= 0.3 is 6.09 Å². The zero-order valence-corrected chi connectivity index (χ0v) is 23.1. The number of ether oxygens (including phenoxy) is 1. The first-order chi connectivity index (χ1) is 17.3. The second-order valence-electron chi connectivity index (χ2n) is 11.4. The fourth-order valence-electron chi connectivity index (χ4n) is 5.19. The smallest absolute Gasteiger partial charge is 0.407 e. The summed E-state index contributed by atoms with van der Waals surface area (Å²) in [6.45, 7) is 6.53. The Morgan fingerprint density at radius 2 is 1.78 bits per heavy atom. The Hall–Kier alpha value is -2.64. The van der Waals surface area contributed by atoms with Crippen LogP contribution in [0.15, 0.2) is 24.3 Å². The van der Waals surface area contributed by atoms with Gasteiger partial charge < -0.3 is 15.4 Å². The summed E-state index contributed by atoms with van der Waals surface area (Å²) in [6, 6.07) is 9.63. The van der Waals surface area contributed by atoms with Crippen LogP contribution < -0.4 is 10.6 Å². The number of sulfonamides is 1. The Labute approximate surface area is 221 Å². The highest BCUT2D eigenvalue weighted by molar-refractivity contribution is 7.88. The lowest BCUT2D eigenvalue weighted by molar-refractivity contribution is -0.122. The van der Waals surface area contributed by atoms with Gasteiger partial charge in [-0.2, -0.15) is 5.26 Å². The van der Waals surface area contributed by atoms with Crippen LogP contribution >= 0.6 is 0 Å². The number of hydrogen-bond acceptors (Lipinski definition) is 6. The first-order valence-electron chi connectivity index (χ1n) is 13.0. The second-order valence-corrected chi connectivity index (χ2v) is 13.3. The zero-order chi connectivity index (χ0) is 27.2. The van der Waals surface area contributed by atoms with Crippen molar-refractivity contribution in [2.45, 2.75) is 89.3 Å². The normalized spacial score (nSPS) is 22.1. The molecule has 37 heavy (non-hydrogen) atoms. The Bertz CT molecular complexity index is 1080. The number of nitrogens with one attached hydrogen (secondary N) is 2. The summed E-state index contributed by atoms with van der Waals surface area (Å²) in [5, 5.41) is 15.3. The number of nitrogens with zero attached hydrogens (tertiary/aromatic N) is 2. The van der Waals surface area contributed by atoms with Crippen LogP contribution in [0.3, 0.4) is 0 Å². The molecule has 2 N–H and O–H groups in total. The largest absolute Gasteiger partial charge is 0.444 e. The molecule has 9 nitrogen and oxygen atoms in total. The second kappa shape index (κ2) is 12.3. The van der Waals surface area contributed by atoms with Gasteiger partial charge in [0.15, 0.2) is 0 Å². The number of hydrogen-bond donors (Lipinski definition) is 2. The number of amides is 2. The van der Waals surface area contributed by atoms with Crippen molar-refractivity contribution in [3.8, 4) is 6.07 Å². The molecule has 3 atom stereocenters. The first-order valence-corrected chi connectivity index (χ1v) is 14.9. The molecule has 2 fully saturated rings. The molecule has 2 amide bonds. The molecule has 1 unspecified atom stereocenters. The predicted molar refractivity (Wildman–Crippen MR) is 141 cm³/mol. The van der Waals surface area contributed by atoms with Gasteiger partial charge in [0.2, 0.25) is 15.9 Å². The Morgan fingerprint density at radius 3 is 2.35 bits per heavy atom. The molecule has 0 bridgehead atoms. The van der Waals surface area contributed by atoms with Gasteiger partial charge in [-0.25, -0.2) is 17.5 Å². The molecule has 1 aromatic rings. The molecule has 0 radical (unpaired) electrons. The van der Waals surface area contributed by atoms with Gasteiger partial charge in [0.05, 0.1) is 12.3 Å². The molecule has 1 aromatic carbocycles. The quantitative estimate of drug-likeness (QED) is 0.528. The van der Waals surface area contributed by atoms with E-state index in [1.165, 1.54) is 16.1 Å². The SMILES string of the molecule is CC(C)(C)OC(=O)N[C@@H]1CC[C@H](CC(=O)NC(C#N)Cc2ccc(C3CCN(S(C)(=O)=O)CC3)cc2)C1. The number of benzene rings is 1. The molecule has 204 valence electrons. The molecule has 1 aliphatic heterocycles. The predicted octanol–water partition coefficient (Wildman–Crippen LogP) is 3.46. The van der Waals surface area contributed by atoms with Crippen LogP contribution in [0.4, 0.5) is 4.79 Å². The summed E-state index contributed by atoms with van der Waals surface area (Å²) in [4.78, 5) is 24.6. The van der Waals surface area contributed by atoms with Crippen LogP contribution in [0.25, 0.3) is 0 Å². The van der Waals surface area contributed by atoms with Crippen molar-refractivity contribution >= 4 is 22.0 Å². The highest BCUT2D eigenvalue weighted by atomic mass is 32.2. The van der Waals surface area contributed by atoms with Crippen molar-refractivity contribution in [3.05, 3.63) is 35.4 Å². The fraction of sp³-hybridized carbons (Fsp3) is 0.667. The van der Waals surface area contributed by atoms with Gasteiger partial charge in [-0.15, -0.1) is 0 Å². The van der Waals surface area contributed by atoms with E-state index in [0.29, 0.717) is 38.3 Å². The lowest BCUT2D eigenvalue weighted by atomic mass is 9.89. The van der Waals surface area contributed by atoms with Crippen molar-refractivity contribution in [1.82, 2.24) is 14.9 Å². The summed E-state index contributed by atoms with van der Waals surface area (Å²) in [5.74, 6) is 0.329. The van der Waals surface area contributed by atoms with E-state index < -0.39 is 27.8 Å². The maximum absolute atomic E-state index is 12.6. The molecule has 0 aromatic heterocycles. The van der Waals surface area contributed by atoms with Crippen LogP contribution in [-0.4, -0.2) is 61.8 Å². The third kappa shape index (κ3) is 9.31. The standard InChI is InChI=1S/C27H40N4O5S/c1-27(2,3)36-26(33)30-23-10-7-20(16-23)17-25(32)29-24(18-28)15-19-5-8-21(9-6-19)22-11-13-31(14-12-22)37(4,34)35/h5-6,8-9,20,22-24H,7,10-17H2,1-4H3,(H,29,32)(H,30,33)/t20-,23+,24?/m0/s1. The summed E-state index contributed by atoms with van der Waals surface area (Å²) in [5.41, 5.74) is 1.59.